The molecule has 2 heterocycles. The Morgan fingerprint density at radius 1 is 0.868 bits per heavy atom. The predicted molar refractivity (Wildman–Crippen MR) is 154 cm³/mol. The summed E-state index contributed by atoms with van der Waals surface area (Å²) in [5.74, 6) is 0.720. The number of rotatable bonds is 7. The van der Waals surface area contributed by atoms with E-state index in [0.717, 1.165) is 44.2 Å². The third-order valence-corrected chi connectivity index (χ3v) is 8.28. The van der Waals surface area contributed by atoms with Crippen molar-refractivity contribution in [1.29, 1.82) is 0 Å². The average molecular weight is 542 g/mol. The first-order valence-electron chi connectivity index (χ1n) is 12.1. The number of anilines is 1. The molecule has 0 bridgehead atoms. The van der Waals surface area contributed by atoms with Crippen LogP contribution in [-0.2, 0) is 10.1 Å². The summed E-state index contributed by atoms with van der Waals surface area (Å²) in [6.07, 6.45) is 1.75. The molecule has 2 aromatic heterocycles. The maximum Gasteiger partial charge on any atom is 0.295 e. The van der Waals surface area contributed by atoms with Crippen molar-refractivity contribution in [2.75, 3.05) is 5.32 Å². The van der Waals surface area contributed by atoms with E-state index >= 15 is 0 Å². The lowest BCUT2D eigenvalue weighted by Crippen LogP contribution is -2.07. The van der Waals surface area contributed by atoms with E-state index in [1.54, 1.807) is 19.2 Å². The smallest absolute Gasteiger partial charge is 0.295 e. The second kappa shape index (κ2) is 10.5. The fourth-order valence-corrected chi connectivity index (χ4v) is 6.30. The molecule has 0 aliphatic rings. The van der Waals surface area contributed by atoms with Crippen LogP contribution >= 0.6 is 11.3 Å². The van der Waals surface area contributed by atoms with Crippen molar-refractivity contribution in [3.63, 3.8) is 0 Å². The van der Waals surface area contributed by atoms with Gasteiger partial charge in [-0.1, -0.05) is 66.2 Å². The zero-order valence-electron chi connectivity index (χ0n) is 21.2. The highest BCUT2D eigenvalue weighted by Crippen LogP contribution is 2.42. The van der Waals surface area contributed by atoms with Gasteiger partial charge in [0.2, 0.25) is 0 Å². The molecular weight excluding hydrogens is 514 g/mol. The molecule has 0 fully saturated rings. The zero-order valence-corrected chi connectivity index (χ0v) is 22.8. The van der Waals surface area contributed by atoms with Crippen LogP contribution in [-0.4, -0.2) is 22.9 Å². The molecule has 0 aliphatic carbocycles. The van der Waals surface area contributed by atoms with Gasteiger partial charge < -0.3 is 5.32 Å². The second-order valence-corrected chi connectivity index (χ2v) is 11.6. The summed E-state index contributed by atoms with van der Waals surface area (Å²) in [5, 5.41) is 3.98. The van der Waals surface area contributed by atoms with E-state index in [1.807, 2.05) is 61.5 Å². The Balaban J connectivity index is 1.63. The Morgan fingerprint density at radius 3 is 2.37 bits per heavy atom. The van der Waals surface area contributed by atoms with E-state index in [0.29, 0.717) is 10.6 Å². The second-order valence-electron chi connectivity index (χ2n) is 9.25. The first kappa shape index (κ1) is 25.8. The SMILES string of the molecule is Cc1cccc(-c2nc(-c3ccc(C)cc3S(=O)(=O)O)sc2-c2ccnc(N[C@H](C)c3ccccc3)c2)c1. The standard InChI is InChI=1S/C30H27N3O3S2/c1-19-8-7-11-23(16-19)28-29(37-30(33-28)25-13-12-20(2)17-26(25)38(34,35)36)24-14-15-31-27(18-24)32-21(3)22-9-5-4-6-10-22/h4-18,21H,1-3H3,(H,31,32)(H,34,35,36)/t21-/m1/s1. The van der Waals surface area contributed by atoms with Crippen molar-refractivity contribution in [3.8, 4) is 32.3 Å². The largest absolute Gasteiger partial charge is 0.364 e. The summed E-state index contributed by atoms with van der Waals surface area (Å²) in [7, 11) is -4.44. The average Bonchev–Trinajstić information content (AvgIpc) is 3.34. The molecule has 0 aliphatic heterocycles. The van der Waals surface area contributed by atoms with Crippen molar-refractivity contribution < 1.29 is 13.0 Å². The highest BCUT2D eigenvalue weighted by Gasteiger charge is 2.23. The van der Waals surface area contributed by atoms with Gasteiger partial charge in [-0.15, -0.1) is 11.3 Å². The number of hydrogen-bond donors (Lipinski definition) is 2. The lowest BCUT2D eigenvalue weighted by molar-refractivity contribution is 0.483. The van der Waals surface area contributed by atoms with Crippen LogP contribution in [0.5, 0.6) is 0 Å². The minimum absolute atomic E-state index is 0.0529. The van der Waals surface area contributed by atoms with Crippen LogP contribution in [0.1, 0.15) is 29.7 Å². The Morgan fingerprint density at radius 2 is 1.63 bits per heavy atom. The molecule has 0 unspecified atom stereocenters. The van der Waals surface area contributed by atoms with Crippen LogP contribution < -0.4 is 5.32 Å². The van der Waals surface area contributed by atoms with Crippen molar-refractivity contribution in [1.82, 2.24) is 9.97 Å². The highest BCUT2D eigenvalue weighted by atomic mass is 32.2. The number of nitrogens with one attached hydrogen (secondary N) is 1. The third-order valence-electron chi connectivity index (χ3n) is 6.25. The summed E-state index contributed by atoms with van der Waals surface area (Å²) < 4.78 is 34.4. The fourth-order valence-electron chi connectivity index (χ4n) is 4.34. The van der Waals surface area contributed by atoms with E-state index in [2.05, 4.69) is 35.4 Å². The Hall–Kier alpha value is -3.85. The molecule has 3 aromatic carbocycles. The molecule has 0 spiro atoms. The van der Waals surface area contributed by atoms with Gasteiger partial charge in [0.25, 0.3) is 10.1 Å². The quantitative estimate of drug-likeness (QED) is 0.206. The molecule has 2 N–H and O–H groups in total. The monoisotopic (exact) mass is 541 g/mol. The summed E-state index contributed by atoms with van der Waals surface area (Å²) in [6, 6.07) is 27.1. The predicted octanol–water partition coefficient (Wildman–Crippen LogP) is 7.58. The molecule has 192 valence electrons. The number of thiazole rings is 1. The van der Waals surface area contributed by atoms with Crippen LogP contribution in [0.15, 0.2) is 96.0 Å². The molecule has 0 saturated carbocycles. The van der Waals surface area contributed by atoms with Gasteiger partial charge >= 0.3 is 0 Å². The number of nitrogens with zero attached hydrogens (tertiary/aromatic N) is 2. The van der Waals surface area contributed by atoms with Gasteiger partial charge in [-0.05, 0) is 61.7 Å². The highest BCUT2D eigenvalue weighted by molar-refractivity contribution is 7.86. The summed E-state index contributed by atoms with van der Waals surface area (Å²) in [5.41, 5.74) is 5.91. The lowest BCUT2D eigenvalue weighted by atomic mass is 10.0. The van der Waals surface area contributed by atoms with Gasteiger partial charge in [-0.2, -0.15) is 8.42 Å². The van der Waals surface area contributed by atoms with Gasteiger partial charge in [0.1, 0.15) is 15.7 Å². The summed E-state index contributed by atoms with van der Waals surface area (Å²) in [4.78, 5) is 10.2. The molecular formula is C30H27N3O3S2. The first-order chi connectivity index (χ1) is 18.2. The van der Waals surface area contributed by atoms with Crippen molar-refractivity contribution in [2.45, 2.75) is 31.7 Å². The van der Waals surface area contributed by atoms with Crippen LogP contribution in [0.25, 0.3) is 32.3 Å². The van der Waals surface area contributed by atoms with Gasteiger partial charge in [0.05, 0.1) is 10.6 Å². The normalized spacial score (nSPS) is 12.3. The minimum atomic E-state index is -4.44. The molecule has 0 amide bonds. The van der Waals surface area contributed by atoms with E-state index < -0.39 is 10.1 Å². The zero-order chi connectivity index (χ0) is 26.9. The van der Waals surface area contributed by atoms with Crippen molar-refractivity contribution in [3.05, 3.63) is 108 Å². The minimum Gasteiger partial charge on any atom is -0.364 e. The van der Waals surface area contributed by atoms with Gasteiger partial charge in [0.15, 0.2) is 0 Å². The van der Waals surface area contributed by atoms with Crippen LogP contribution in [0.4, 0.5) is 5.82 Å². The third kappa shape index (κ3) is 5.52. The topological polar surface area (TPSA) is 92.2 Å². The lowest BCUT2D eigenvalue weighted by Gasteiger charge is -2.15. The Labute approximate surface area is 226 Å². The van der Waals surface area contributed by atoms with Crippen LogP contribution in [0.2, 0.25) is 0 Å². The molecule has 0 saturated heterocycles. The van der Waals surface area contributed by atoms with E-state index in [9.17, 15) is 13.0 Å². The van der Waals surface area contributed by atoms with Crippen LogP contribution in [0.3, 0.4) is 0 Å². The Kier molecular flexibility index (Phi) is 7.12. The first-order valence-corrected chi connectivity index (χ1v) is 14.4. The van der Waals surface area contributed by atoms with Gasteiger partial charge in [-0.3, -0.25) is 4.55 Å². The molecule has 5 aromatic rings. The maximum atomic E-state index is 12.2. The number of aryl methyl sites for hydroxylation is 2. The molecule has 8 heteroatoms. The van der Waals surface area contributed by atoms with Crippen molar-refractivity contribution >= 4 is 27.3 Å². The van der Waals surface area contributed by atoms with Gasteiger partial charge in [0, 0.05) is 23.4 Å². The van der Waals surface area contributed by atoms with E-state index in [-0.39, 0.29) is 10.9 Å². The summed E-state index contributed by atoms with van der Waals surface area (Å²) >= 11 is 1.38. The number of pyridine rings is 1. The molecule has 0 radical (unpaired) electrons. The van der Waals surface area contributed by atoms with Gasteiger partial charge in [-0.25, -0.2) is 9.97 Å². The van der Waals surface area contributed by atoms with E-state index in [1.165, 1.54) is 17.4 Å². The number of hydrogen-bond acceptors (Lipinski definition) is 6. The molecule has 5 rings (SSSR count). The number of aromatic nitrogens is 2. The van der Waals surface area contributed by atoms with Crippen molar-refractivity contribution in [2.24, 2.45) is 0 Å². The Bertz CT molecular complexity index is 1710. The number of benzene rings is 3. The summed E-state index contributed by atoms with van der Waals surface area (Å²) in [6.45, 7) is 5.89. The molecule has 38 heavy (non-hydrogen) atoms. The molecule has 1 atom stereocenters. The fraction of sp³-hybridized carbons (Fsp3) is 0.133. The van der Waals surface area contributed by atoms with E-state index in [4.69, 9.17) is 4.98 Å². The molecule has 6 nitrogen and oxygen atoms in total. The maximum absolute atomic E-state index is 12.2. The van der Waals surface area contributed by atoms with Crippen LogP contribution in [0, 0.1) is 13.8 Å².